The fourth-order valence-electron chi connectivity index (χ4n) is 5.18. The number of benzene rings is 2. The molecule has 0 saturated carbocycles. The van der Waals surface area contributed by atoms with Crippen LogP contribution >= 0.6 is 0 Å². The second kappa shape index (κ2) is 13.4. The summed E-state index contributed by atoms with van der Waals surface area (Å²) in [6, 6.07) is 16.7. The van der Waals surface area contributed by atoms with E-state index in [0.717, 1.165) is 55.4 Å². The second-order valence-electron chi connectivity index (χ2n) is 10.0. The highest BCUT2D eigenvalue weighted by molar-refractivity contribution is 6.00. The number of aromatic amines is 1. The molecule has 0 spiro atoms. The van der Waals surface area contributed by atoms with Crippen molar-refractivity contribution in [3.05, 3.63) is 88.7 Å². The SMILES string of the molecule is CCN(CCO)C(=O)c1ccc2[nH]c(-c3cc(C)cc(C)c3)c(CCNCCCCc3cccnc3)c2c1. The second-order valence-corrected chi connectivity index (χ2v) is 10.0. The summed E-state index contributed by atoms with van der Waals surface area (Å²) in [5, 5.41) is 14.1. The molecule has 0 radical (unpaired) electrons. The van der Waals surface area contributed by atoms with Crippen LogP contribution in [0.3, 0.4) is 0 Å². The number of nitrogens with zero attached hydrogens (tertiary/aromatic N) is 2. The number of carbonyl (C=O) groups excluding carboxylic acids is 1. The van der Waals surface area contributed by atoms with Crippen LogP contribution in [-0.4, -0.2) is 58.7 Å². The lowest BCUT2D eigenvalue weighted by Crippen LogP contribution is -2.33. The van der Waals surface area contributed by atoms with E-state index in [4.69, 9.17) is 0 Å². The van der Waals surface area contributed by atoms with E-state index < -0.39 is 0 Å². The van der Waals surface area contributed by atoms with Gasteiger partial charge in [0.25, 0.3) is 5.91 Å². The van der Waals surface area contributed by atoms with E-state index in [-0.39, 0.29) is 12.5 Å². The molecular formula is C32H40N4O2. The lowest BCUT2D eigenvalue weighted by Gasteiger charge is -2.19. The Bertz CT molecular complexity index is 1330. The van der Waals surface area contributed by atoms with Crippen molar-refractivity contribution in [2.24, 2.45) is 0 Å². The summed E-state index contributed by atoms with van der Waals surface area (Å²) in [5.74, 6) is -0.0460. The number of hydrogen-bond donors (Lipinski definition) is 3. The molecule has 38 heavy (non-hydrogen) atoms. The molecule has 4 rings (SSSR count). The highest BCUT2D eigenvalue weighted by Gasteiger charge is 2.18. The minimum atomic E-state index is -0.0460. The van der Waals surface area contributed by atoms with Crippen molar-refractivity contribution < 1.29 is 9.90 Å². The Kier molecular flexibility index (Phi) is 9.68. The fourth-order valence-corrected chi connectivity index (χ4v) is 5.18. The summed E-state index contributed by atoms with van der Waals surface area (Å²) in [4.78, 5) is 22.7. The predicted octanol–water partition coefficient (Wildman–Crippen LogP) is 5.46. The van der Waals surface area contributed by atoms with Crippen LogP contribution in [0.15, 0.2) is 60.9 Å². The van der Waals surface area contributed by atoms with Gasteiger partial charge in [0.05, 0.1) is 6.61 Å². The van der Waals surface area contributed by atoms with Crippen LogP contribution in [0.4, 0.5) is 0 Å². The first-order valence-electron chi connectivity index (χ1n) is 13.7. The molecule has 2 heterocycles. The Morgan fingerprint density at radius 3 is 2.55 bits per heavy atom. The van der Waals surface area contributed by atoms with Gasteiger partial charge in [0.2, 0.25) is 0 Å². The molecule has 0 aliphatic rings. The molecule has 0 fully saturated rings. The molecule has 0 aliphatic heterocycles. The quantitative estimate of drug-likeness (QED) is 0.208. The van der Waals surface area contributed by atoms with Gasteiger partial charge in [0.15, 0.2) is 0 Å². The van der Waals surface area contributed by atoms with Gasteiger partial charge in [-0.05, 0) is 113 Å². The van der Waals surface area contributed by atoms with E-state index in [2.05, 4.69) is 53.4 Å². The molecule has 6 heteroatoms. The molecule has 0 saturated heterocycles. The van der Waals surface area contributed by atoms with Gasteiger partial charge in [-0.1, -0.05) is 23.3 Å². The monoisotopic (exact) mass is 512 g/mol. The zero-order valence-corrected chi connectivity index (χ0v) is 22.9. The zero-order chi connectivity index (χ0) is 26.9. The van der Waals surface area contributed by atoms with Gasteiger partial charge in [-0.2, -0.15) is 0 Å². The van der Waals surface area contributed by atoms with Crippen LogP contribution in [0, 0.1) is 13.8 Å². The summed E-state index contributed by atoms with van der Waals surface area (Å²) >= 11 is 0. The number of unbranched alkanes of at least 4 members (excludes halogenated alkanes) is 1. The van der Waals surface area contributed by atoms with Crippen molar-refractivity contribution >= 4 is 16.8 Å². The smallest absolute Gasteiger partial charge is 0.253 e. The van der Waals surface area contributed by atoms with E-state index in [1.807, 2.05) is 43.6 Å². The summed E-state index contributed by atoms with van der Waals surface area (Å²) < 4.78 is 0. The Morgan fingerprint density at radius 2 is 1.84 bits per heavy atom. The van der Waals surface area contributed by atoms with Crippen molar-refractivity contribution in [2.45, 2.75) is 46.5 Å². The third kappa shape index (κ3) is 6.88. The Balaban J connectivity index is 1.52. The van der Waals surface area contributed by atoms with Crippen LogP contribution in [0.25, 0.3) is 22.2 Å². The molecule has 200 valence electrons. The first kappa shape index (κ1) is 27.6. The summed E-state index contributed by atoms with van der Waals surface area (Å²) in [6.45, 7) is 8.89. The van der Waals surface area contributed by atoms with Crippen LogP contribution in [-0.2, 0) is 12.8 Å². The van der Waals surface area contributed by atoms with E-state index in [9.17, 15) is 9.90 Å². The number of amides is 1. The minimum absolute atomic E-state index is 0.0397. The number of aliphatic hydroxyl groups is 1. The Labute approximate surface area is 226 Å². The van der Waals surface area contributed by atoms with Gasteiger partial charge >= 0.3 is 0 Å². The number of likely N-dealkylation sites (N-methyl/N-ethyl adjacent to an activating group) is 1. The number of hydrogen-bond acceptors (Lipinski definition) is 4. The van der Waals surface area contributed by atoms with Gasteiger partial charge < -0.3 is 20.3 Å². The Hall–Kier alpha value is -3.48. The fraction of sp³-hybridized carbons (Fsp3) is 0.375. The number of fused-ring (bicyclic) bond motifs is 1. The maximum atomic E-state index is 13.1. The molecule has 1 amide bonds. The number of carbonyl (C=O) groups is 1. The minimum Gasteiger partial charge on any atom is -0.395 e. The molecule has 0 unspecified atom stereocenters. The predicted molar refractivity (Wildman–Crippen MR) is 156 cm³/mol. The molecule has 0 bridgehead atoms. The lowest BCUT2D eigenvalue weighted by atomic mass is 9.98. The lowest BCUT2D eigenvalue weighted by molar-refractivity contribution is 0.0732. The average molecular weight is 513 g/mol. The van der Waals surface area contributed by atoms with Gasteiger partial charge in [-0.3, -0.25) is 9.78 Å². The molecule has 0 atom stereocenters. The number of nitrogens with one attached hydrogen (secondary N) is 2. The highest BCUT2D eigenvalue weighted by Crippen LogP contribution is 2.32. The summed E-state index contributed by atoms with van der Waals surface area (Å²) in [6.07, 6.45) is 7.92. The maximum Gasteiger partial charge on any atom is 0.253 e. The Morgan fingerprint density at radius 1 is 1.03 bits per heavy atom. The number of rotatable bonds is 13. The highest BCUT2D eigenvalue weighted by atomic mass is 16.3. The van der Waals surface area contributed by atoms with Crippen molar-refractivity contribution in [3.63, 3.8) is 0 Å². The van der Waals surface area contributed by atoms with Crippen LogP contribution in [0.1, 0.15) is 52.4 Å². The van der Waals surface area contributed by atoms with E-state index in [1.54, 1.807) is 4.90 Å². The first-order valence-corrected chi connectivity index (χ1v) is 13.7. The number of H-pyrrole nitrogens is 1. The van der Waals surface area contributed by atoms with Crippen LogP contribution in [0.5, 0.6) is 0 Å². The normalized spacial score (nSPS) is 11.3. The third-order valence-corrected chi connectivity index (χ3v) is 7.05. The van der Waals surface area contributed by atoms with Crippen LogP contribution in [0.2, 0.25) is 0 Å². The average Bonchev–Trinajstić information content (AvgIpc) is 3.28. The number of aryl methyl sites for hydroxylation is 3. The molecule has 4 aromatic rings. The topological polar surface area (TPSA) is 81.2 Å². The number of aliphatic hydroxyl groups excluding tert-OH is 1. The molecule has 2 aromatic carbocycles. The van der Waals surface area contributed by atoms with Gasteiger partial charge in [-0.25, -0.2) is 0 Å². The molecule has 2 aromatic heterocycles. The maximum absolute atomic E-state index is 13.1. The number of pyridine rings is 1. The van der Waals surface area contributed by atoms with Crippen LogP contribution < -0.4 is 5.32 Å². The standard InChI is InChI=1S/C32H40N4O2/c1-4-36(16-17-37)32(38)26-10-11-30-29(21-26)28(31(35-30)27-19-23(2)18-24(3)20-27)12-15-33-13-6-5-8-25-9-7-14-34-22-25/h7,9-11,14,18-22,33,35,37H,4-6,8,12-13,15-17H2,1-3H3. The first-order chi connectivity index (χ1) is 18.5. The van der Waals surface area contributed by atoms with Gasteiger partial charge in [0, 0.05) is 47.6 Å². The van der Waals surface area contributed by atoms with E-state index >= 15 is 0 Å². The summed E-state index contributed by atoms with van der Waals surface area (Å²) in [7, 11) is 0. The van der Waals surface area contributed by atoms with E-state index in [0.29, 0.717) is 18.7 Å². The third-order valence-electron chi connectivity index (χ3n) is 7.05. The largest absolute Gasteiger partial charge is 0.395 e. The number of aromatic nitrogens is 2. The van der Waals surface area contributed by atoms with Crippen molar-refractivity contribution in [1.29, 1.82) is 0 Å². The van der Waals surface area contributed by atoms with Gasteiger partial charge in [0.1, 0.15) is 0 Å². The van der Waals surface area contributed by atoms with Crippen molar-refractivity contribution in [3.8, 4) is 11.3 Å². The molecular weight excluding hydrogens is 472 g/mol. The van der Waals surface area contributed by atoms with Crippen molar-refractivity contribution in [1.82, 2.24) is 20.2 Å². The molecule has 0 aliphatic carbocycles. The molecule has 3 N–H and O–H groups in total. The zero-order valence-electron chi connectivity index (χ0n) is 22.9. The summed E-state index contributed by atoms with van der Waals surface area (Å²) in [5.41, 5.74) is 8.97. The molecule has 6 nitrogen and oxygen atoms in total. The van der Waals surface area contributed by atoms with Gasteiger partial charge in [-0.15, -0.1) is 0 Å². The van der Waals surface area contributed by atoms with E-state index in [1.165, 1.54) is 27.8 Å². The van der Waals surface area contributed by atoms with Crippen molar-refractivity contribution in [2.75, 3.05) is 32.8 Å².